The number of phenols is 1. The third kappa shape index (κ3) is 2.26. The van der Waals surface area contributed by atoms with Crippen molar-refractivity contribution >= 4 is 11.9 Å². The molecule has 0 bridgehead atoms. The van der Waals surface area contributed by atoms with Crippen molar-refractivity contribution in [3.05, 3.63) is 29.8 Å². The quantitative estimate of drug-likeness (QED) is 0.510. The monoisotopic (exact) mass is 324 g/mol. The zero-order chi connectivity index (χ0) is 16.8. The second-order valence-electron chi connectivity index (χ2n) is 5.68. The van der Waals surface area contributed by atoms with Gasteiger partial charge in [-0.15, -0.1) is 0 Å². The van der Waals surface area contributed by atoms with Crippen LogP contribution in [0.5, 0.6) is 5.75 Å². The number of phenolic OH excluding ortho intramolecular Hbond substituents is 1. The predicted octanol–water partition coefficient (Wildman–Crippen LogP) is -1.20. The van der Waals surface area contributed by atoms with Gasteiger partial charge in [-0.25, -0.2) is 4.79 Å². The van der Waals surface area contributed by atoms with Gasteiger partial charge < -0.3 is 29.9 Å². The first-order chi connectivity index (χ1) is 10.9. The summed E-state index contributed by atoms with van der Waals surface area (Å²) in [5.74, 6) is -2.46. The average molecular weight is 324 g/mol. The highest BCUT2D eigenvalue weighted by Crippen LogP contribution is 2.48. The van der Waals surface area contributed by atoms with Gasteiger partial charge in [0.05, 0.1) is 13.0 Å². The standard InChI is InChI=1S/C15H16O8/c16-6-10(18)12-13(20)15(14(21)22-12)9(5-11(19)23-15)7-1-3-8(17)4-2-7/h1-4,9-10,12-13,16-18,20H,5-6H2/t9-,10-,12+,13+,15-/m0/s1. The summed E-state index contributed by atoms with van der Waals surface area (Å²) in [6.07, 6.45) is -4.66. The molecule has 2 aliphatic heterocycles. The number of ether oxygens (including phenoxy) is 2. The fraction of sp³-hybridized carbons (Fsp3) is 0.467. The minimum absolute atomic E-state index is 0.0103. The Kier molecular flexibility index (Phi) is 3.75. The highest BCUT2D eigenvalue weighted by atomic mass is 16.6. The number of aliphatic hydroxyl groups excluding tert-OH is 3. The summed E-state index contributed by atoms with van der Waals surface area (Å²) < 4.78 is 10.1. The largest absolute Gasteiger partial charge is 0.508 e. The maximum Gasteiger partial charge on any atom is 0.354 e. The zero-order valence-corrected chi connectivity index (χ0v) is 12.0. The maximum absolute atomic E-state index is 12.3. The molecule has 2 heterocycles. The number of carbonyl (C=O) groups is 2. The Labute approximate surface area is 130 Å². The third-order valence-corrected chi connectivity index (χ3v) is 4.35. The van der Waals surface area contributed by atoms with Crippen LogP contribution in [0, 0.1) is 0 Å². The second kappa shape index (κ2) is 5.48. The first kappa shape index (κ1) is 15.7. The van der Waals surface area contributed by atoms with Gasteiger partial charge in [0, 0.05) is 5.92 Å². The molecule has 8 heteroatoms. The van der Waals surface area contributed by atoms with E-state index in [-0.39, 0.29) is 12.2 Å². The number of carbonyl (C=O) groups excluding carboxylic acids is 2. The lowest BCUT2D eigenvalue weighted by Gasteiger charge is -2.29. The number of aliphatic hydroxyl groups is 3. The fourth-order valence-corrected chi connectivity index (χ4v) is 3.18. The van der Waals surface area contributed by atoms with Gasteiger partial charge in [-0.1, -0.05) is 12.1 Å². The molecule has 0 unspecified atom stereocenters. The highest BCUT2D eigenvalue weighted by Gasteiger charge is 2.69. The van der Waals surface area contributed by atoms with Crippen LogP contribution in [0.2, 0.25) is 0 Å². The summed E-state index contributed by atoms with van der Waals surface area (Å²) in [7, 11) is 0. The van der Waals surface area contributed by atoms with Gasteiger partial charge in [0.25, 0.3) is 0 Å². The van der Waals surface area contributed by atoms with Crippen molar-refractivity contribution in [3.63, 3.8) is 0 Å². The van der Waals surface area contributed by atoms with Crippen molar-refractivity contribution in [1.29, 1.82) is 0 Å². The minimum Gasteiger partial charge on any atom is -0.508 e. The first-order valence-corrected chi connectivity index (χ1v) is 7.09. The lowest BCUT2D eigenvalue weighted by molar-refractivity contribution is -0.169. The van der Waals surface area contributed by atoms with E-state index in [1.165, 1.54) is 24.3 Å². The summed E-state index contributed by atoms with van der Waals surface area (Å²) in [5, 5.41) is 38.5. The first-order valence-electron chi connectivity index (χ1n) is 7.09. The van der Waals surface area contributed by atoms with Gasteiger partial charge in [0.1, 0.15) is 18.0 Å². The van der Waals surface area contributed by atoms with Gasteiger partial charge in [0.2, 0.25) is 5.60 Å². The molecule has 8 nitrogen and oxygen atoms in total. The number of esters is 2. The van der Waals surface area contributed by atoms with Gasteiger partial charge in [-0.05, 0) is 17.7 Å². The summed E-state index contributed by atoms with van der Waals surface area (Å²) in [4.78, 5) is 24.1. The summed E-state index contributed by atoms with van der Waals surface area (Å²) in [6, 6.07) is 5.80. The van der Waals surface area contributed by atoms with Crippen molar-refractivity contribution < 1.29 is 39.5 Å². The molecule has 0 saturated carbocycles. The predicted molar refractivity (Wildman–Crippen MR) is 73.3 cm³/mol. The van der Waals surface area contributed by atoms with Crippen LogP contribution in [-0.4, -0.2) is 62.9 Å². The molecule has 23 heavy (non-hydrogen) atoms. The van der Waals surface area contributed by atoms with E-state index in [0.717, 1.165) is 0 Å². The lowest BCUT2D eigenvalue weighted by atomic mass is 9.77. The molecule has 0 amide bonds. The molecule has 1 aromatic carbocycles. The molecular formula is C15H16O8. The normalized spacial score (nSPS) is 34.5. The van der Waals surface area contributed by atoms with E-state index >= 15 is 0 Å². The molecule has 2 aliphatic rings. The van der Waals surface area contributed by atoms with E-state index < -0.39 is 48.4 Å². The summed E-state index contributed by atoms with van der Waals surface area (Å²) >= 11 is 0. The van der Waals surface area contributed by atoms with Crippen LogP contribution in [0.1, 0.15) is 17.9 Å². The van der Waals surface area contributed by atoms with Crippen molar-refractivity contribution in [3.8, 4) is 5.75 Å². The van der Waals surface area contributed by atoms with Gasteiger partial charge in [0.15, 0.2) is 6.10 Å². The van der Waals surface area contributed by atoms with Crippen LogP contribution >= 0.6 is 0 Å². The molecule has 4 N–H and O–H groups in total. The van der Waals surface area contributed by atoms with E-state index in [1.807, 2.05) is 0 Å². The molecule has 2 fully saturated rings. The van der Waals surface area contributed by atoms with Crippen LogP contribution in [0.15, 0.2) is 24.3 Å². The average Bonchev–Trinajstić information content (AvgIpc) is 3.01. The minimum atomic E-state index is -1.96. The van der Waals surface area contributed by atoms with E-state index in [2.05, 4.69) is 0 Å². The molecule has 0 aromatic heterocycles. The highest BCUT2D eigenvalue weighted by molar-refractivity contribution is 5.91. The Morgan fingerprint density at radius 2 is 1.91 bits per heavy atom. The molecule has 0 aliphatic carbocycles. The Morgan fingerprint density at radius 1 is 1.26 bits per heavy atom. The molecule has 1 spiro atoms. The molecular weight excluding hydrogens is 308 g/mol. The third-order valence-electron chi connectivity index (χ3n) is 4.35. The van der Waals surface area contributed by atoms with Crippen molar-refractivity contribution in [2.45, 2.75) is 36.3 Å². The Morgan fingerprint density at radius 3 is 2.52 bits per heavy atom. The topological polar surface area (TPSA) is 134 Å². The molecule has 1 aromatic rings. The summed E-state index contributed by atoms with van der Waals surface area (Å²) in [6.45, 7) is -0.719. The molecule has 5 atom stereocenters. The van der Waals surface area contributed by atoms with E-state index in [0.29, 0.717) is 5.56 Å². The molecule has 2 saturated heterocycles. The second-order valence-corrected chi connectivity index (χ2v) is 5.68. The molecule has 124 valence electrons. The lowest BCUT2D eigenvalue weighted by Crippen LogP contribution is -2.52. The number of cyclic esters (lactones) is 1. The Balaban J connectivity index is 2.02. The van der Waals surface area contributed by atoms with Gasteiger partial charge >= 0.3 is 11.9 Å². The van der Waals surface area contributed by atoms with Gasteiger partial charge in [-0.2, -0.15) is 0 Å². The smallest absolute Gasteiger partial charge is 0.354 e. The number of aromatic hydroxyl groups is 1. The van der Waals surface area contributed by atoms with Crippen molar-refractivity contribution in [2.24, 2.45) is 0 Å². The van der Waals surface area contributed by atoms with Crippen LogP contribution < -0.4 is 0 Å². The number of rotatable bonds is 3. The SMILES string of the molecule is O=C1C[C@@H](c2ccc(O)cc2)[C@@]2(O1)C(=O)O[C@H]([C@@H](O)CO)[C@H]2O. The van der Waals surface area contributed by atoms with Crippen LogP contribution in [0.25, 0.3) is 0 Å². The number of hydrogen-bond donors (Lipinski definition) is 4. The van der Waals surface area contributed by atoms with Gasteiger partial charge in [-0.3, -0.25) is 4.79 Å². The van der Waals surface area contributed by atoms with Crippen LogP contribution in [-0.2, 0) is 19.1 Å². The van der Waals surface area contributed by atoms with E-state index in [4.69, 9.17) is 14.6 Å². The maximum atomic E-state index is 12.3. The summed E-state index contributed by atoms with van der Waals surface area (Å²) in [5.41, 5.74) is -1.46. The van der Waals surface area contributed by atoms with Crippen LogP contribution in [0.4, 0.5) is 0 Å². The fourth-order valence-electron chi connectivity index (χ4n) is 3.18. The molecule has 0 radical (unpaired) electrons. The van der Waals surface area contributed by atoms with Crippen molar-refractivity contribution in [2.75, 3.05) is 6.61 Å². The Hall–Kier alpha value is -2.16. The van der Waals surface area contributed by atoms with E-state index in [9.17, 15) is 24.9 Å². The zero-order valence-electron chi connectivity index (χ0n) is 12.0. The van der Waals surface area contributed by atoms with Crippen molar-refractivity contribution in [1.82, 2.24) is 0 Å². The number of benzene rings is 1. The van der Waals surface area contributed by atoms with E-state index in [1.54, 1.807) is 0 Å². The van der Waals surface area contributed by atoms with Crippen LogP contribution in [0.3, 0.4) is 0 Å². The number of hydrogen-bond acceptors (Lipinski definition) is 8. The molecule has 3 rings (SSSR count). The Bertz CT molecular complexity index is 627.